The van der Waals surface area contributed by atoms with E-state index in [4.69, 9.17) is 4.74 Å². The minimum Gasteiger partial charge on any atom is -0.457 e. The van der Waals surface area contributed by atoms with Crippen LogP contribution in [0.1, 0.15) is 65.2 Å². The van der Waals surface area contributed by atoms with Gasteiger partial charge in [0, 0.05) is 25.2 Å². The van der Waals surface area contributed by atoms with Crippen LogP contribution in [0.15, 0.2) is 58.3 Å². The van der Waals surface area contributed by atoms with Crippen LogP contribution >= 0.6 is 0 Å². The van der Waals surface area contributed by atoms with Crippen LogP contribution in [0.3, 0.4) is 0 Å². The lowest BCUT2D eigenvalue weighted by Gasteiger charge is -2.34. The molecule has 0 aliphatic carbocycles. The van der Waals surface area contributed by atoms with Crippen molar-refractivity contribution in [1.82, 2.24) is 8.61 Å². The first-order valence-corrected chi connectivity index (χ1v) is 15.6. The summed E-state index contributed by atoms with van der Waals surface area (Å²) < 4.78 is 61.8. The molecule has 0 unspecified atom stereocenters. The second-order valence-corrected chi connectivity index (χ2v) is 13.2. The molecule has 0 N–H and O–H groups in total. The average molecular weight is 521 g/mol. The molecule has 0 saturated carbocycles. The van der Waals surface area contributed by atoms with Crippen LogP contribution in [0.2, 0.25) is 0 Å². The van der Waals surface area contributed by atoms with Crippen molar-refractivity contribution in [3.63, 3.8) is 0 Å². The van der Waals surface area contributed by atoms with E-state index in [0.717, 1.165) is 51.4 Å². The molecule has 192 valence electrons. The van der Waals surface area contributed by atoms with Crippen LogP contribution < -0.4 is 4.74 Å². The van der Waals surface area contributed by atoms with Crippen molar-refractivity contribution < 1.29 is 21.6 Å². The lowest BCUT2D eigenvalue weighted by Crippen LogP contribution is -2.43. The van der Waals surface area contributed by atoms with E-state index in [0.29, 0.717) is 24.6 Å². The molecule has 0 spiro atoms. The molecule has 2 aromatic rings. The molecule has 9 heteroatoms. The van der Waals surface area contributed by atoms with E-state index in [-0.39, 0.29) is 21.9 Å². The van der Waals surface area contributed by atoms with Crippen LogP contribution in [0.5, 0.6) is 11.5 Å². The topological polar surface area (TPSA) is 84.0 Å². The van der Waals surface area contributed by atoms with Gasteiger partial charge in [0.25, 0.3) is 0 Å². The molecule has 2 aromatic carbocycles. The molecular weight excluding hydrogens is 484 g/mol. The highest BCUT2D eigenvalue weighted by Crippen LogP contribution is 2.31. The summed E-state index contributed by atoms with van der Waals surface area (Å²) in [4.78, 5) is 0.525. The number of rotatable bonds is 8. The lowest BCUT2D eigenvalue weighted by molar-refractivity contribution is 0.246. The van der Waals surface area contributed by atoms with Crippen molar-refractivity contribution in [2.75, 3.05) is 13.1 Å². The quantitative estimate of drug-likeness (QED) is 0.466. The molecule has 2 heterocycles. The predicted molar refractivity (Wildman–Crippen MR) is 137 cm³/mol. The standard InChI is InChI=1S/C26H36N2O5S2/c1-3-21-9-5-7-19-27(21)34(29,30)25-15-11-23(12-16-25)33-24-13-17-26(18-14-24)35(31,32)28-20-8-6-10-22(28)4-2/h11-18,21-22H,3-10,19-20H2,1-2H3/t21-,22-/m0/s1. The highest BCUT2D eigenvalue weighted by molar-refractivity contribution is 7.89. The van der Waals surface area contributed by atoms with Crippen molar-refractivity contribution in [1.29, 1.82) is 0 Å². The maximum Gasteiger partial charge on any atom is 0.243 e. The first-order chi connectivity index (χ1) is 16.8. The Labute approximate surface area is 210 Å². The smallest absolute Gasteiger partial charge is 0.243 e. The number of piperidine rings is 2. The van der Waals surface area contributed by atoms with E-state index in [9.17, 15) is 16.8 Å². The molecule has 0 bridgehead atoms. The molecule has 7 nitrogen and oxygen atoms in total. The predicted octanol–water partition coefficient (Wildman–Crippen LogP) is 5.39. The van der Waals surface area contributed by atoms with Gasteiger partial charge in [0.2, 0.25) is 20.0 Å². The summed E-state index contributed by atoms with van der Waals surface area (Å²) in [5.74, 6) is 0.986. The number of nitrogens with zero attached hydrogens (tertiary/aromatic N) is 2. The van der Waals surface area contributed by atoms with E-state index in [1.54, 1.807) is 57.1 Å². The van der Waals surface area contributed by atoms with Gasteiger partial charge in [0.1, 0.15) is 11.5 Å². The first-order valence-electron chi connectivity index (χ1n) is 12.7. The van der Waals surface area contributed by atoms with Gasteiger partial charge >= 0.3 is 0 Å². The molecule has 0 amide bonds. The normalized spacial score (nSPS) is 22.7. The summed E-state index contributed by atoms with van der Waals surface area (Å²) in [6.07, 6.45) is 7.33. The SMILES string of the molecule is CC[C@H]1CCCCN1S(=O)(=O)c1ccc(Oc2ccc(S(=O)(=O)N3CCCC[C@@H]3CC)cc2)cc1. The first kappa shape index (κ1) is 26.1. The van der Waals surface area contributed by atoms with Gasteiger partial charge in [-0.25, -0.2) is 16.8 Å². The average Bonchev–Trinajstić information content (AvgIpc) is 2.89. The van der Waals surface area contributed by atoms with E-state index < -0.39 is 20.0 Å². The number of ether oxygens (including phenoxy) is 1. The molecule has 2 aliphatic heterocycles. The van der Waals surface area contributed by atoms with Gasteiger partial charge in [0.15, 0.2) is 0 Å². The van der Waals surface area contributed by atoms with Crippen molar-refractivity contribution >= 4 is 20.0 Å². The third-order valence-electron chi connectivity index (χ3n) is 7.19. The van der Waals surface area contributed by atoms with Gasteiger partial charge in [-0.05, 0) is 87.1 Å². The summed E-state index contributed by atoms with van der Waals surface area (Å²) >= 11 is 0. The Morgan fingerprint density at radius 2 is 1.03 bits per heavy atom. The maximum atomic E-state index is 13.2. The number of sulfonamides is 2. The zero-order chi connectivity index (χ0) is 25.1. The maximum absolute atomic E-state index is 13.2. The van der Waals surface area contributed by atoms with E-state index in [2.05, 4.69) is 0 Å². The largest absolute Gasteiger partial charge is 0.457 e. The molecule has 4 rings (SSSR count). The number of benzene rings is 2. The summed E-state index contributed by atoms with van der Waals surface area (Å²) in [6, 6.07) is 13.0. The van der Waals surface area contributed by atoms with Crippen LogP contribution in [0.25, 0.3) is 0 Å². The van der Waals surface area contributed by atoms with Gasteiger partial charge in [-0.1, -0.05) is 26.7 Å². The summed E-state index contributed by atoms with van der Waals surface area (Å²) in [5.41, 5.74) is 0. The second-order valence-electron chi connectivity index (χ2n) is 9.39. The molecule has 35 heavy (non-hydrogen) atoms. The zero-order valence-electron chi connectivity index (χ0n) is 20.6. The van der Waals surface area contributed by atoms with Crippen LogP contribution in [-0.2, 0) is 20.0 Å². The zero-order valence-corrected chi connectivity index (χ0v) is 22.2. The van der Waals surface area contributed by atoms with Gasteiger partial charge in [-0.2, -0.15) is 8.61 Å². The monoisotopic (exact) mass is 520 g/mol. The second kappa shape index (κ2) is 11.0. The molecule has 0 radical (unpaired) electrons. The van der Waals surface area contributed by atoms with Crippen molar-refractivity contribution in [3.8, 4) is 11.5 Å². The third-order valence-corrected chi connectivity index (χ3v) is 11.1. The van der Waals surface area contributed by atoms with E-state index >= 15 is 0 Å². The Morgan fingerprint density at radius 1 is 0.657 bits per heavy atom. The van der Waals surface area contributed by atoms with Crippen LogP contribution in [0, 0.1) is 0 Å². The Morgan fingerprint density at radius 3 is 1.37 bits per heavy atom. The molecule has 2 atom stereocenters. The molecule has 2 saturated heterocycles. The highest BCUT2D eigenvalue weighted by atomic mass is 32.2. The lowest BCUT2D eigenvalue weighted by atomic mass is 10.0. The van der Waals surface area contributed by atoms with E-state index in [1.807, 2.05) is 13.8 Å². The fourth-order valence-corrected chi connectivity index (χ4v) is 8.70. The minimum absolute atomic E-state index is 0.0528. The third kappa shape index (κ3) is 5.58. The molecule has 2 aliphatic rings. The molecular formula is C26H36N2O5S2. The Balaban J connectivity index is 1.46. The van der Waals surface area contributed by atoms with Gasteiger partial charge in [-0.3, -0.25) is 0 Å². The Hall–Kier alpha value is -1.94. The van der Waals surface area contributed by atoms with Crippen LogP contribution in [0.4, 0.5) is 0 Å². The van der Waals surface area contributed by atoms with Gasteiger partial charge in [0.05, 0.1) is 9.79 Å². The van der Waals surface area contributed by atoms with Crippen LogP contribution in [-0.4, -0.2) is 50.6 Å². The Bertz CT molecular complexity index is 1100. The minimum atomic E-state index is -3.55. The molecule has 0 aromatic heterocycles. The van der Waals surface area contributed by atoms with Crippen molar-refractivity contribution in [2.45, 2.75) is 87.1 Å². The number of hydrogen-bond acceptors (Lipinski definition) is 5. The number of hydrogen-bond donors (Lipinski definition) is 0. The summed E-state index contributed by atoms with van der Waals surface area (Å²) in [6.45, 7) is 5.18. The van der Waals surface area contributed by atoms with Gasteiger partial charge in [-0.15, -0.1) is 0 Å². The summed E-state index contributed by atoms with van der Waals surface area (Å²) in [5, 5.41) is 0. The Kier molecular flexibility index (Phi) is 8.20. The summed E-state index contributed by atoms with van der Waals surface area (Å²) in [7, 11) is -7.09. The highest BCUT2D eigenvalue weighted by Gasteiger charge is 2.33. The van der Waals surface area contributed by atoms with E-state index in [1.165, 1.54) is 0 Å². The fraction of sp³-hybridized carbons (Fsp3) is 0.538. The van der Waals surface area contributed by atoms with Crippen molar-refractivity contribution in [2.24, 2.45) is 0 Å². The van der Waals surface area contributed by atoms with Crippen molar-refractivity contribution in [3.05, 3.63) is 48.5 Å². The van der Waals surface area contributed by atoms with Gasteiger partial charge < -0.3 is 4.74 Å². The molecule has 2 fully saturated rings. The fourth-order valence-electron chi connectivity index (χ4n) is 5.16.